The molecule has 0 fully saturated rings. The molecule has 0 saturated heterocycles. The molecule has 0 unspecified atom stereocenters. The summed E-state index contributed by atoms with van der Waals surface area (Å²) in [5.74, 6) is 0.157. The first-order valence-corrected chi connectivity index (χ1v) is 5.87. The van der Waals surface area contributed by atoms with Crippen molar-refractivity contribution < 1.29 is 13.2 Å². The van der Waals surface area contributed by atoms with E-state index >= 15 is 0 Å². The maximum Gasteiger partial charge on any atom is 0.222 e. The van der Waals surface area contributed by atoms with E-state index in [1.165, 1.54) is 0 Å². The Labute approximate surface area is 80.9 Å². The van der Waals surface area contributed by atoms with E-state index in [1.807, 2.05) is 13.8 Å². The molecule has 0 aromatic heterocycles. The average molecular weight is 207 g/mol. The van der Waals surface area contributed by atoms with Crippen molar-refractivity contribution in [1.29, 1.82) is 0 Å². The van der Waals surface area contributed by atoms with Crippen LogP contribution in [-0.4, -0.2) is 38.1 Å². The number of amides is 1. The molecule has 0 aliphatic rings. The number of thiol groups is 1. The van der Waals surface area contributed by atoms with E-state index in [0.717, 1.165) is 0 Å². The Morgan fingerprint density at radius 1 is 1.23 bits per heavy atom. The Balaban J connectivity index is 3.72. The Bertz CT molecular complexity index is 213. The van der Waals surface area contributed by atoms with Gasteiger partial charge in [0.05, 0.1) is 0 Å². The fourth-order valence-corrected chi connectivity index (χ4v) is 1.51. The van der Waals surface area contributed by atoms with Crippen molar-refractivity contribution in [3.05, 3.63) is 0 Å². The summed E-state index contributed by atoms with van der Waals surface area (Å²) < 4.78 is 20.4. The Morgan fingerprint density at radius 3 is 2.15 bits per heavy atom. The van der Waals surface area contributed by atoms with Crippen LogP contribution in [0.4, 0.5) is 0 Å². The van der Waals surface area contributed by atoms with Crippen LogP contribution in [0.3, 0.4) is 0 Å². The first kappa shape index (κ1) is 12.4. The van der Waals surface area contributed by atoms with Gasteiger partial charge in [-0.15, -0.1) is 0 Å². The van der Waals surface area contributed by atoms with E-state index < -0.39 is 10.7 Å². The molecule has 4 nitrogen and oxygen atoms in total. The second-order valence-electron chi connectivity index (χ2n) is 2.73. The molecule has 0 atom stereocenters. The van der Waals surface area contributed by atoms with Crippen molar-refractivity contribution in [2.45, 2.75) is 26.7 Å². The third-order valence-corrected chi connectivity index (χ3v) is 2.53. The smallest absolute Gasteiger partial charge is 0.222 e. The number of rotatable bonds is 6. The zero-order valence-corrected chi connectivity index (χ0v) is 9.05. The van der Waals surface area contributed by atoms with Crippen molar-refractivity contribution in [3.63, 3.8) is 0 Å². The van der Waals surface area contributed by atoms with Gasteiger partial charge in [0, 0.05) is 25.3 Å². The molecule has 0 N–H and O–H groups in total. The number of hydrogen-bond donors (Lipinski definition) is 1. The third-order valence-electron chi connectivity index (χ3n) is 1.85. The van der Waals surface area contributed by atoms with E-state index in [4.69, 9.17) is 0 Å². The van der Waals surface area contributed by atoms with Gasteiger partial charge in [0.1, 0.15) is 10.7 Å². The van der Waals surface area contributed by atoms with Gasteiger partial charge in [0.15, 0.2) is 0 Å². The van der Waals surface area contributed by atoms with Crippen LogP contribution in [-0.2, 0) is 15.5 Å². The molecule has 78 valence electrons. The number of hydrogen-bond acceptors (Lipinski definition) is 3. The topological polar surface area (TPSA) is 54.5 Å². The lowest BCUT2D eigenvalue weighted by molar-refractivity contribution is -0.130. The predicted molar refractivity (Wildman–Crippen MR) is 52.3 cm³/mol. The molecule has 0 spiro atoms. The van der Waals surface area contributed by atoms with Gasteiger partial charge in [-0.05, 0) is 20.3 Å². The maximum atomic E-state index is 11.3. The number of carbonyl (C=O) groups is 1. The Hall–Kier alpha value is -0.580. The van der Waals surface area contributed by atoms with E-state index in [9.17, 15) is 13.2 Å². The highest BCUT2D eigenvalue weighted by molar-refractivity contribution is 7.72. The Morgan fingerprint density at radius 2 is 1.77 bits per heavy atom. The lowest BCUT2D eigenvalue weighted by Crippen LogP contribution is -2.30. The summed E-state index contributed by atoms with van der Waals surface area (Å²) in [6, 6.07) is 0. The summed E-state index contributed by atoms with van der Waals surface area (Å²) in [6.07, 6.45) is 0.777. The van der Waals surface area contributed by atoms with Crippen LogP contribution in [0.25, 0.3) is 0 Å². The zero-order valence-electron chi connectivity index (χ0n) is 8.15. The summed E-state index contributed by atoms with van der Waals surface area (Å²) in [4.78, 5) is 13.0. The maximum absolute atomic E-state index is 11.3. The molecule has 0 bridgehead atoms. The van der Waals surface area contributed by atoms with Crippen LogP contribution in [0.5, 0.6) is 0 Å². The normalized spacial score (nSPS) is 10.4. The number of nitrogens with zero attached hydrogens (tertiary/aromatic N) is 1. The quantitative estimate of drug-likeness (QED) is 0.635. The lowest BCUT2D eigenvalue weighted by atomic mass is 10.3. The highest BCUT2D eigenvalue weighted by Gasteiger charge is 2.08. The zero-order chi connectivity index (χ0) is 10.3. The molecule has 0 aliphatic heterocycles. The molecule has 0 rings (SSSR count). The second-order valence-corrected chi connectivity index (χ2v) is 3.84. The van der Waals surface area contributed by atoms with Crippen molar-refractivity contribution in [1.82, 2.24) is 4.90 Å². The summed E-state index contributed by atoms with van der Waals surface area (Å²) in [7, 11) is -2.33. The summed E-state index contributed by atoms with van der Waals surface area (Å²) in [5, 5.41) is 0. The van der Waals surface area contributed by atoms with Crippen LogP contribution in [0.1, 0.15) is 26.7 Å². The first-order valence-electron chi connectivity index (χ1n) is 4.51. The number of carbonyl (C=O) groups excluding carboxylic acids is 1. The van der Waals surface area contributed by atoms with Crippen molar-refractivity contribution in [2.75, 3.05) is 18.8 Å². The lowest BCUT2D eigenvalue weighted by Gasteiger charge is -2.17. The summed E-state index contributed by atoms with van der Waals surface area (Å²) in [6.45, 7) is 5.21. The molecule has 0 aliphatic carbocycles. The molecule has 0 saturated carbocycles. The summed E-state index contributed by atoms with van der Waals surface area (Å²) in [5.41, 5.74) is 0. The Kier molecular flexibility index (Phi) is 6.58. The highest BCUT2D eigenvalue weighted by Crippen LogP contribution is 1.97. The van der Waals surface area contributed by atoms with Crippen LogP contribution < -0.4 is 0 Å². The molecule has 0 radical (unpaired) electrons. The van der Waals surface area contributed by atoms with Gasteiger partial charge in [0.2, 0.25) is 5.91 Å². The third kappa shape index (κ3) is 5.63. The first-order chi connectivity index (χ1) is 6.11. The van der Waals surface area contributed by atoms with Crippen molar-refractivity contribution in [3.8, 4) is 0 Å². The molecular weight excluding hydrogens is 190 g/mol. The van der Waals surface area contributed by atoms with E-state index in [-0.39, 0.29) is 11.7 Å². The molecule has 5 heteroatoms. The minimum Gasteiger partial charge on any atom is -0.343 e. The average Bonchev–Trinajstić information content (AvgIpc) is 2.05. The molecule has 1 amide bonds. The highest BCUT2D eigenvalue weighted by atomic mass is 32.2. The van der Waals surface area contributed by atoms with Crippen molar-refractivity contribution in [2.24, 2.45) is 0 Å². The standard InChI is InChI=1S/C8H17NO3S/c1-3-9(4-2)8(10)6-5-7-13(11)12/h13H,3-7H2,1-2H3. The minimum atomic E-state index is -2.33. The van der Waals surface area contributed by atoms with Gasteiger partial charge in [-0.1, -0.05) is 0 Å². The molecular formula is C8H17NO3S. The van der Waals surface area contributed by atoms with Crippen LogP contribution in [0.15, 0.2) is 0 Å². The molecule has 13 heavy (non-hydrogen) atoms. The van der Waals surface area contributed by atoms with Crippen molar-refractivity contribution >= 4 is 16.6 Å². The molecule has 0 aromatic carbocycles. The van der Waals surface area contributed by atoms with Crippen LogP contribution in [0.2, 0.25) is 0 Å². The van der Waals surface area contributed by atoms with Gasteiger partial charge in [-0.2, -0.15) is 0 Å². The fourth-order valence-electron chi connectivity index (χ4n) is 1.09. The SMILES string of the molecule is CCN(CC)C(=O)CCC[SH](=O)=O. The van der Waals surface area contributed by atoms with Crippen LogP contribution >= 0.6 is 0 Å². The van der Waals surface area contributed by atoms with Gasteiger partial charge < -0.3 is 4.90 Å². The molecule has 0 aromatic rings. The van der Waals surface area contributed by atoms with E-state index in [0.29, 0.717) is 25.9 Å². The van der Waals surface area contributed by atoms with E-state index in [1.54, 1.807) is 4.90 Å². The van der Waals surface area contributed by atoms with Gasteiger partial charge in [0.25, 0.3) is 0 Å². The van der Waals surface area contributed by atoms with E-state index in [2.05, 4.69) is 0 Å². The summed E-state index contributed by atoms with van der Waals surface area (Å²) >= 11 is 0. The van der Waals surface area contributed by atoms with Crippen LogP contribution in [0, 0.1) is 0 Å². The van der Waals surface area contributed by atoms with Gasteiger partial charge in [-0.25, -0.2) is 8.42 Å². The minimum absolute atomic E-state index is 0.0434. The largest absolute Gasteiger partial charge is 0.343 e. The monoisotopic (exact) mass is 207 g/mol. The fraction of sp³-hybridized carbons (Fsp3) is 0.875. The second kappa shape index (κ2) is 6.88. The predicted octanol–water partition coefficient (Wildman–Crippen LogP) is 0.246. The van der Waals surface area contributed by atoms with Gasteiger partial charge >= 0.3 is 0 Å². The van der Waals surface area contributed by atoms with Gasteiger partial charge in [-0.3, -0.25) is 4.79 Å². The molecule has 0 heterocycles.